The molecule has 4 N–H and O–H groups in total. The highest BCUT2D eigenvalue weighted by molar-refractivity contribution is 7.92. The van der Waals surface area contributed by atoms with Crippen molar-refractivity contribution < 1.29 is 31.5 Å². The molecule has 32 heavy (non-hydrogen) atoms. The van der Waals surface area contributed by atoms with Crippen molar-refractivity contribution in [2.75, 3.05) is 0 Å². The average molecular weight is 481 g/mol. The molecule has 2 rings (SSSR count). The lowest BCUT2D eigenvalue weighted by molar-refractivity contribution is 0.0980. The number of nitrogens with two attached hydrogens (primary N) is 1. The minimum absolute atomic E-state index is 0.0638. The minimum atomic E-state index is -4.56. The molecule has 1 amide bonds. The van der Waals surface area contributed by atoms with Gasteiger partial charge in [-0.15, -0.1) is 0 Å². The largest absolute Gasteiger partial charge is 0.490 e. The van der Waals surface area contributed by atoms with Crippen LogP contribution in [0.1, 0.15) is 43.6 Å². The number of amides is 1. The van der Waals surface area contributed by atoms with Crippen LogP contribution in [0.2, 0.25) is 0 Å². The Morgan fingerprint density at radius 3 is 2.22 bits per heavy atom. The number of hydrogen-bond donors (Lipinski definition) is 3. The van der Waals surface area contributed by atoms with Crippen molar-refractivity contribution in [3.63, 3.8) is 0 Å². The van der Waals surface area contributed by atoms with Gasteiger partial charge in [0, 0.05) is 5.56 Å². The first-order valence-corrected chi connectivity index (χ1v) is 12.4. The molecule has 0 aliphatic heterocycles. The monoisotopic (exact) mass is 480 g/mol. The highest BCUT2D eigenvalue weighted by Gasteiger charge is 2.26. The molecule has 0 heterocycles. The van der Waals surface area contributed by atoms with E-state index >= 15 is 0 Å². The lowest BCUT2D eigenvalue weighted by atomic mass is 10.1. The summed E-state index contributed by atoms with van der Waals surface area (Å²) in [4.78, 5) is 11.4. The van der Waals surface area contributed by atoms with E-state index < -0.39 is 41.3 Å². The molecule has 0 radical (unpaired) electrons. The van der Waals surface area contributed by atoms with Crippen molar-refractivity contribution in [1.82, 2.24) is 4.72 Å². The van der Waals surface area contributed by atoms with E-state index in [-0.39, 0.29) is 17.4 Å². The van der Waals surface area contributed by atoms with Crippen LogP contribution in [0.15, 0.2) is 52.3 Å². The zero-order valence-corrected chi connectivity index (χ0v) is 19.5. The summed E-state index contributed by atoms with van der Waals surface area (Å²) in [5.41, 5.74) is -0.929. The molecule has 2 aromatic rings. The van der Waals surface area contributed by atoms with Crippen molar-refractivity contribution >= 4 is 26.0 Å². The van der Waals surface area contributed by atoms with Gasteiger partial charge >= 0.3 is 0 Å². The molecule has 2 aromatic carbocycles. The number of primary sulfonamides is 1. The molecule has 0 atom stereocenters. The Bertz CT molecular complexity index is 1300. The third kappa shape index (κ3) is 6.80. The number of rotatable bonds is 6. The number of nitrogens with one attached hydrogen (secondary N) is 1. The quantitative estimate of drug-likeness (QED) is 0.528. The fraction of sp³-hybridized carbons (Fsp3) is 0.286. The molecule has 0 aromatic heterocycles. The highest BCUT2D eigenvalue weighted by Crippen LogP contribution is 2.23. The van der Waals surface area contributed by atoms with Crippen LogP contribution in [0.25, 0.3) is 0 Å². The summed E-state index contributed by atoms with van der Waals surface area (Å²) in [5.74, 6) is 4.61. The van der Waals surface area contributed by atoms with E-state index in [2.05, 4.69) is 11.8 Å². The normalized spacial score (nSPS) is 12.1. The molecule has 0 saturated carbocycles. The molecular formula is C21H24N2O7S2. The van der Waals surface area contributed by atoms with E-state index in [1.165, 1.54) is 44.2 Å². The van der Waals surface area contributed by atoms with Crippen molar-refractivity contribution in [1.29, 1.82) is 0 Å². The second kappa shape index (κ2) is 9.30. The maximum Gasteiger partial charge on any atom is 0.265 e. The van der Waals surface area contributed by atoms with Gasteiger partial charge in [-0.25, -0.2) is 26.7 Å². The summed E-state index contributed by atoms with van der Waals surface area (Å²) >= 11 is 0. The third-order valence-corrected chi connectivity index (χ3v) is 6.27. The SMILES string of the molecule is CC(C)Oc1cc(C(=O)NS(=O)(=O)c2ccccc2S(N)(=O)=O)ccc1C#CC(C)(C)O. The zero-order valence-electron chi connectivity index (χ0n) is 17.9. The van der Waals surface area contributed by atoms with Gasteiger partial charge in [-0.2, -0.15) is 0 Å². The lowest BCUT2D eigenvalue weighted by Crippen LogP contribution is -2.32. The van der Waals surface area contributed by atoms with Gasteiger partial charge < -0.3 is 9.84 Å². The molecular weight excluding hydrogens is 456 g/mol. The van der Waals surface area contributed by atoms with Gasteiger partial charge in [-0.1, -0.05) is 24.0 Å². The molecule has 9 nitrogen and oxygen atoms in total. The molecule has 0 fully saturated rings. The molecule has 11 heteroatoms. The van der Waals surface area contributed by atoms with Crippen LogP contribution in [0.4, 0.5) is 0 Å². The summed E-state index contributed by atoms with van der Waals surface area (Å²) in [7, 11) is -8.91. The smallest absolute Gasteiger partial charge is 0.265 e. The molecule has 0 spiro atoms. The van der Waals surface area contributed by atoms with Crippen molar-refractivity contribution in [2.24, 2.45) is 5.14 Å². The number of carbonyl (C=O) groups is 1. The van der Waals surface area contributed by atoms with Crippen LogP contribution < -0.4 is 14.6 Å². The molecule has 172 valence electrons. The summed E-state index contributed by atoms with van der Waals surface area (Å²) in [5, 5.41) is 14.9. The number of aliphatic hydroxyl groups is 1. The van der Waals surface area contributed by atoms with Crippen LogP contribution >= 0.6 is 0 Å². The molecule has 0 unspecified atom stereocenters. The first-order chi connectivity index (χ1) is 14.6. The topological polar surface area (TPSA) is 153 Å². The Hall–Kier alpha value is -2.91. The summed E-state index contributed by atoms with van der Waals surface area (Å²) in [6, 6.07) is 8.76. The number of hydrogen-bond acceptors (Lipinski definition) is 7. The predicted molar refractivity (Wildman–Crippen MR) is 118 cm³/mol. The fourth-order valence-electron chi connectivity index (χ4n) is 2.48. The van der Waals surface area contributed by atoms with Gasteiger partial charge in [0.2, 0.25) is 10.0 Å². The molecule has 0 aliphatic rings. The second-order valence-electron chi connectivity index (χ2n) is 7.61. The fourth-order valence-corrected chi connectivity index (χ4v) is 4.84. The first kappa shape index (κ1) is 25.4. The lowest BCUT2D eigenvalue weighted by Gasteiger charge is -2.14. The van der Waals surface area contributed by atoms with Gasteiger partial charge in [-0.05, 0) is 58.0 Å². The standard InChI is InChI=1S/C21H24N2O7S2/c1-14(2)30-17-13-16(10-9-15(17)11-12-21(3,4)25)20(24)23-32(28,29)19-8-6-5-7-18(19)31(22,26)27/h5-10,13-14,25H,1-4H3,(H,23,24)(H2,22,26,27). The van der Waals surface area contributed by atoms with Crippen LogP contribution in [-0.4, -0.2) is 39.6 Å². The number of carbonyl (C=O) groups excluding carboxylic acids is 1. The van der Waals surface area contributed by atoms with E-state index in [1.807, 2.05) is 4.72 Å². The molecule has 0 aliphatic carbocycles. The summed E-state index contributed by atoms with van der Waals surface area (Å²) in [6.45, 7) is 6.53. The Morgan fingerprint density at radius 2 is 1.69 bits per heavy atom. The van der Waals surface area contributed by atoms with E-state index in [1.54, 1.807) is 13.8 Å². The summed E-state index contributed by atoms with van der Waals surface area (Å²) in [6.07, 6.45) is -0.277. The van der Waals surface area contributed by atoms with E-state index in [9.17, 15) is 26.7 Å². The van der Waals surface area contributed by atoms with E-state index in [4.69, 9.17) is 9.88 Å². The van der Waals surface area contributed by atoms with E-state index in [0.717, 1.165) is 12.1 Å². The van der Waals surface area contributed by atoms with Crippen LogP contribution in [-0.2, 0) is 20.0 Å². The number of ether oxygens (including phenoxy) is 1. The minimum Gasteiger partial charge on any atom is -0.490 e. The van der Waals surface area contributed by atoms with Gasteiger partial charge in [0.05, 0.1) is 11.7 Å². The van der Waals surface area contributed by atoms with E-state index in [0.29, 0.717) is 5.56 Å². The van der Waals surface area contributed by atoms with Crippen LogP contribution in [0, 0.1) is 11.8 Å². The highest BCUT2D eigenvalue weighted by atomic mass is 32.2. The maximum atomic E-state index is 12.7. The number of benzene rings is 2. The second-order valence-corrected chi connectivity index (χ2v) is 10.8. The van der Waals surface area contributed by atoms with Gasteiger partial charge in [0.15, 0.2) is 0 Å². The first-order valence-electron chi connectivity index (χ1n) is 9.35. The average Bonchev–Trinajstić information content (AvgIpc) is 2.64. The predicted octanol–water partition coefficient (Wildman–Crippen LogP) is 1.36. The number of sulfonamides is 2. The van der Waals surface area contributed by atoms with Gasteiger partial charge in [0.25, 0.3) is 15.9 Å². The Kier molecular flexibility index (Phi) is 7.36. The van der Waals surface area contributed by atoms with Crippen LogP contribution in [0.5, 0.6) is 5.75 Å². The molecule has 0 saturated heterocycles. The van der Waals surface area contributed by atoms with Crippen LogP contribution in [0.3, 0.4) is 0 Å². The van der Waals surface area contributed by atoms with Crippen molar-refractivity contribution in [2.45, 2.75) is 49.2 Å². The summed E-state index contributed by atoms with van der Waals surface area (Å²) < 4.78 is 56.3. The Morgan fingerprint density at radius 1 is 1.09 bits per heavy atom. The zero-order chi connectivity index (χ0) is 24.3. The van der Waals surface area contributed by atoms with Gasteiger partial charge in [-0.3, -0.25) is 4.79 Å². The Labute approximate surface area is 187 Å². The maximum absolute atomic E-state index is 12.7. The molecule has 0 bridgehead atoms. The third-order valence-electron chi connectivity index (χ3n) is 3.78. The van der Waals surface area contributed by atoms with Crippen molar-refractivity contribution in [3.8, 4) is 17.6 Å². The Balaban J connectivity index is 2.45. The van der Waals surface area contributed by atoms with Gasteiger partial charge in [0.1, 0.15) is 21.1 Å². The van der Waals surface area contributed by atoms with Crippen molar-refractivity contribution in [3.05, 3.63) is 53.6 Å².